The highest BCUT2D eigenvalue weighted by atomic mass is 16.4. The highest BCUT2D eigenvalue weighted by molar-refractivity contribution is 5.94. The molecule has 0 aliphatic rings. The van der Waals surface area contributed by atoms with Crippen LogP contribution < -0.4 is 21.7 Å². The zero-order valence-electron chi connectivity index (χ0n) is 19.3. The topological polar surface area (TPSA) is 179 Å². The average molecular weight is 473 g/mol. The van der Waals surface area contributed by atoms with Crippen molar-refractivity contribution in [2.24, 2.45) is 11.7 Å². The molecule has 7 N–H and O–H groups in total. The van der Waals surface area contributed by atoms with Crippen LogP contribution in [-0.2, 0) is 32.0 Å². The van der Waals surface area contributed by atoms with Crippen LogP contribution in [0, 0.1) is 5.92 Å². The third-order valence-electron chi connectivity index (χ3n) is 5.45. The van der Waals surface area contributed by atoms with Gasteiger partial charge in [-0.25, -0.2) is 4.98 Å². The largest absolute Gasteiger partial charge is 0.480 e. The Kier molecular flexibility index (Phi) is 10.2. The number of hydrogen-bond donors (Lipinski definition) is 6. The average Bonchev–Trinajstić information content (AvgIpc) is 3.33. The number of aromatic nitrogens is 2. The van der Waals surface area contributed by atoms with Gasteiger partial charge in [-0.2, -0.15) is 0 Å². The molecule has 0 spiro atoms. The van der Waals surface area contributed by atoms with Gasteiger partial charge in [-0.15, -0.1) is 0 Å². The number of amides is 3. The SMILES string of the molecule is CCC(C)C(NC(=O)C(Cc1cnc[nH]1)NC(=O)C(N)Cc1ccccc1)C(=O)NCC(=O)O. The normalized spacial score (nSPS) is 14.3. The molecule has 0 saturated heterocycles. The minimum atomic E-state index is -1.20. The van der Waals surface area contributed by atoms with E-state index in [0.29, 0.717) is 12.1 Å². The van der Waals surface area contributed by atoms with E-state index in [0.717, 1.165) is 5.56 Å². The van der Waals surface area contributed by atoms with Gasteiger partial charge in [-0.3, -0.25) is 19.2 Å². The summed E-state index contributed by atoms with van der Waals surface area (Å²) < 4.78 is 0. The van der Waals surface area contributed by atoms with Crippen molar-refractivity contribution in [2.45, 2.75) is 51.2 Å². The summed E-state index contributed by atoms with van der Waals surface area (Å²) in [4.78, 5) is 56.1. The van der Waals surface area contributed by atoms with E-state index in [1.54, 1.807) is 6.92 Å². The first kappa shape index (κ1) is 26.5. The highest BCUT2D eigenvalue weighted by Gasteiger charge is 2.31. The van der Waals surface area contributed by atoms with Crippen molar-refractivity contribution < 1.29 is 24.3 Å². The van der Waals surface area contributed by atoms with Gasteiger partial charge in [0.15, 0.2) is 0 Å². The van der Waals surface area contributed by atoms with E-state index in [9.17, 15) is 19.2 Å². The number of carboxylic acids is 1. The lowest BCUT2D eigenvalue weighted by Crippen LogP contribution is -2.58. The molecule has 1 aromatic heterocycles. The first-order valence-electron chi connectivity index (χ1n) is 11.1. The molecule has 0 aliphatic carbocycles. The Labute approximate surface area is 197 Å². The molecule has 4 unspecified atom stereocenters. The molecule has 1 aromatic carbocycles. The molecule has 2 aromatic rings. The lowest BCUT2D eigenvalue weighted by molar-refractivity contribution is -0.139. The maximum atomic E-state index is 13.2. The minimum absolute atomic E-state index is 0.0968. The van der Waals surface area contributed by atoms with E-state index in [2.05, 4.69) is 25.9 Å². The summed E-state index contributed by atoms with van der Waals surface area (Å²) >= 11 is 0. The van der Waals surface area contributed by atoms with E-state index in [-0.39, 0.29) is 18.8 Å². The lowest BCUT2D eigenvalue weighted by atomic mass is 9.97. The van der Waals surface area contributed by atoms with Gasteiger partial charge in [0, 0.05) is 18.3 Å². The minimum Gasteiger partial charge on any atom is -0.480 e. The van der Waals surface area contributed by atoms with Crippen LogP contribution in [0.4, 0.5) is 0 Å². The number of aromatic amines is 1. The molecule has 0 aliphatic heterocycles. The van der Waals surface area contributed by atoms with Crippen molar-refractivity contribution in [1.82, 2.24) is 25.9 Å². The second-order valence-electron chi connectivity index (χ2n) is 8.12. The molecule has 2 rings (SSSR count). The van der Waals surface area contributed by atoms with Gasteiger partial charge < -0.3 is 31.8 Å². The summed E-state index contributed by atoms with van der Waals surface area (Å²) in [5.74, 6) is -3.19. The summed E-state index contributed by atoms with van der Waals surface area (Å²) in [6.45, 7) is 3.05. The molecule has 4 atom stereocenters. The maximum absolute atomic E-state index is 13.2. The van der Waals surface area contributed by atoms with Crippen LogP contribution in [-0.4, -0.2) is 63.4 Å². The molecule has 0 bridgehead atoms. The van der Waals surface area contributed by atoms with Gasteiger partial charge in [0.1, 0.15) is 18.6 Å². The number of carbonyl (C=O) groups excluding carboxylic acids is 3. The van der Waals surface area contributed by atoms with E-state index in [4.69, 9.17) is 10.8 Å². The maximum Gasteiger partial charge on any atom is 0.322 e. The second-order valence-corrected chi connectivity index (χ2v) is 8.12. The van der Waals surface area contributed by atoms with Crippen molar-refractivity contribution in [3.05, 3.63) is 54.1 Å². The summed E-state index contributed by atoms with van der Waals surface area (Å²) in [6.07, 6.45) is 3.93. The fraction of sp³-hybridized carbons (Fsp3) is 0.435. The molecule has 184 valence electrons. The third-order valence-corrected chi connectivity index (χ3v) is 5.45. The van der Waals surface area contributed by atoms with Gasteiger partial charge in [0.05, 0.1) is 12.4 Å². The van der Waals surface area contributed by atoms with Crippen molar-refractivity contribution in [3.8, 4) is 0 Å². The summed E-state index contributed by atoms with van der Waals surface area (Å²) in [7, 11) is 0. The summed E-state index contributed by atoms with van der Waals surface area (Å²) in [6, 6.07) is 6.37. The van der Waals surface area contributed by atoms with E-state index in [1.165, 1.54) is 12.5 Å². The van der Waals surface area contributed by atoms with Crippen molar-refractivity contribution >= 4 is 23.7 Å². The van der Waals surface area contributed by atoms with Crippen LogP contribution in [0.15, 0.2) is 42.9 Å². The van der Waals surface area contributed by atoms with E-state index < -0.39 is 48.4 Å². The Morgan fingerprint density at radius 2 is 1.76 bits per heavy atom. The molecule has 34 heavy (non-hydrogen) atoms. The second kappa shape index (κ2) is 13.1. The molecular formula is C23H32N6O5. The molecule has 0 saturated carbocycles. The van der Waals surface area contributed by atoms with Gasteiger partial charge >= 0.3 is 5.97 Å². The lowest BCUT2D eigenvalue weighted by Gasteiger charge is -2.26. The highest BCUT2D eigenvalue weighted by Crippen LogP contribution is 2.10. The van der Waals surface area contributed by atoms with Gasteiger partial charge in [0.25, 0.3) is 0 Å². The molecular weight excluding hydrogens is 440 g/mol. The van der Waals surface area contributed by atoms with Gasteiger partial charge in [0.2, 0.25) is 17.7 Å². The number of nitrogens with zero attached hydrogens (tertiary/aromatic N) is 1. The summed E-state index contributed by atoms with van der Waals surface area (Å²) in [5, 5.41) is 16.5. The Balaban J connectivity index is 2.13. The number of nitrogens with two attached hydrogens (primary N) is 1. The molecule has 11 nitrogen and oxygen atoms in total. The van der Waals surface area contributed by atoms with E-state index >= 15 is 0 Å². The third kappa shape index (κ3) is 8.32. The number of carboxylic acid groups (broad SMARTS) is 1. The zero-order chi connectivity index (χ0) is 25.1. The van der Waals surface area contributed by atoms with Crippen molar-refractivity contribution in [1.29, 1.82) is 0 Å². The quantitative estimate of drug-likeness (QED) is 0.232. The number of carbonyl (C=O) groups is 4. The zero-order valence-corrected chi connectivity index (χ0v) is 19.3. The molecule has 0 fully saturated rings. The Morgan fingerprint density at radius 1 is 1.06 bits per heavy atom. The van der Waals surface area contributed by atoms with Crippen LogP contribution in [0.3, 0.4) is 0 Å². The standard InChI is InChI=1S/C23H32N6O5/c1-3-14(2)20(23(34)26-12-19(30)31)29-22(33)18(10-16-11-25-13-27-16)28-21(32)17(24)9-15-7-5-4-6-8-15/h4-8,11,13-14,17-18,20H,3,9-10,12,24H2,1-2H3,(H,25,27)(H,26,34)(H,28,32)(H,29,33)(H,30,31). The number of nitrogens with one attached hydrogen (secondary N) is 4. The fourth-order valence-electron chi connectivity index (χ4n) is 3.29. The molecule has 1 heterocycles. The van der Waals surface area contributed by atoms with E-state index in [1.807, 2.05) is 37.3 Å². The predicted octanol–water partition coefficient (Wildman–Crippen LogP) is -0.261. The number of imidazole rings is 1. The first-order valence-corrected chi connectivity index (χ1v) is 11.1. The molecule has 3 amide bonds. The number of aliphatic carboxylic acids is 1. The fourth-order valence-corrected chi connectivity index (χ4v) is 3.29. The van der Waals surface area contributed by atoms with Crippen molar-refractivity contribution in [3.63, 3.8) is 0 Å². The van der Waals surface area contributed by atoms with Gasteiger partial charge in [-0.1, -0.05) is 50.6 Å². The van der Waals surface area contributed by atoms with Crippen LogP contribution in [0.1, 0.15) is 31.5 Å². The number of H-pyrrole nitrogens is 1. The smallest absolute Gasteiger partial charge is 0.322 e. The van der Waals surface area contributed by atoms with Crippen LogP contribution in [0.5, 0.6) is 0 Å². The molecule has 0 radical (unpaired) electrons. The summed E-state index contributed by atoms with van der Waals surface area (Å²) in [5.41, 5.74) is 7.56. The Bertz CT molecular complexity index is 950. The number of rotatable bonds is 13. The van der Waals surface area contributed by atoms with Gasteiger partial charge in [-0.05, 0) is 17.9 Å². The van der Waals surface area contributed by atoms with Crippen LogP contribution >= 0.6 is 0 Å². The Morgan fingerprint density at radius 3 is 2.35 bits per heavy atom. The predicted molar refractivity (Wildman–Crippen MR) is 124 cm³/mol. The van der Waals surface area contributed by atoms with Crippen molar-refractivity contribution in [2.75, 3.05) is 6.54 Å². The van der Waals surface area contributed by atoms with Crippen LogP contribution in [0.25, 0.3) is 0 Å². The monoisotopic (exact) mass is 472 g/mol. The van der Waals surface area contributed by atoms with Crippen LogP contribution in [0.2, 0.25) is 0 Å². The molecule has 11 heteroatoms. The Hall–Kier alpha value is -3.73. The number of hydrogen-bond acceptors (Lipinski definition) is 6. The number of benzene rings is 1. The first-order chi connectivity index (χ1) is 16.2.